The van der Waals surface area contributed by atoms with Crippen LogP contribution in [0.25, 0.3) is 44.5 Å². The molecule has 1 aliphatic heterocycles. The molecule has 66 heavy (non-hydrogen) atoms. The minimum absolute atomic E-state index is 0.214. The Kier molecular flexibility index (Phi) is 13.7. The van der Waals surface area contributed by atoms with Crippen molar-refractivity contribution in [3.8, 4) is 23.0 Å². The minimum Gasteiger partial charge on any atom is -0.491 e. The molecule has 5 aromatic heterocycles. The number of hydrogen-bond donors (Lipinski definition) is 3. The summed E-state index contributed by atoms with van der Waals surface area (Å²) in [5, 5.41) is 13.5. The minimum atomic E-state index is -0.644. The van der Waals surface area contributed by atoms with Crippen molar-refractivity contribution in [1.82, 2.24) is 48.5 Å². The van der Waals surface area contributed by atoms with Crippen molar-refractivity contribution < 1.29 is 33.3 Å². The van der Waals surface area contributed by atoms with E-state index < -0.39 is 17.7 Å². The predicted octanol–water partition coefficient (Wildman–Crippen LogP) is 4.48. The molecule has 0 spiro atoms. The van der Waals surface area contributed by atoms with E-state index in [-0.39, 0.29) is 23.6 Å². The summed E-state index contributed by atoms with van der Waals surface area (Å²) in [5.41, 5.74) is 17.1. The van der Waals surface area contributed by atoms with Crippen molar-refractivity contribution in [2.24, 2.45) is 11.5 Å². The van der Waals surface area contributed by atoms with Crippen LogP contribution in [0.15, 0.2) is 54.7 Å². The number of primary amides is 2. The van der Waals surface area contributed by atoms with Gasteiger partial charge in [-0.25, -0.2) is 15.0 Å². The predicted molar refractivity (Wildman–Crippen MR) is 248 cm³/mol. The molecule has 5 N–H and O–H groups in total. The number of nitrogens with two attached hydrogens (primary N) is 2. The number of aromatic nitrogens is 9. The number of ether oxygens (including phenoxy) is 4. The third kappa shape index (κ3) is 9.46. The molecule has 1 aliphatic rings. The zero-order valence-electron chi connectivity index (χ0n) is 37.9. The highest BCUT2D eigenvalue weighted by Gasteiger charge is 2.24. The van der Waals surface area contributed by atoms with Crippen LogP contribution in [-0.2, 0) is 35.7 Å². The first-order chi connectivity index (χ1) is 32.0. The number of aryl methyl sites for hydroxylation is 4. The van der Waals surface area contributed by atoms with Crippen molar-refractivity contribution in [1.29, 1.82) is 0 Å². The average Bonchev–Trinajstić information content (AvgIpc) is 4.07. The number of amides is 3. The fourth-order valence-electron chi connectivity index (χ4n) is 8.23. The summed E-state index contributed by atoms with van der Waals surface area (Å²) in [4.78, 5) is 56.2. The molecule has 20 nitrogen and oxygen atoms in total. The average molecular weight is 902 g/mol. The number of carbonyl (C=O) groups excluding carboxylic acids is 3. The molecule has 0 saturated carbocycles. The lowest BCUT2D eigenvalue weighted by molar-refractivity contribution is 0.0323. The maximum absolute atomic E-state index is 13.9. The number of carbonyl (C=O) groups is 3. The van der Waals surface area contributed by atoms with Crippen LogP contribution in [0, 0.1) is 13.8 Å². The summed E-state index contributed by atoms with van der Waals surface area (Å²) >= 11 is 0. The number of hydrogen-bond acceptors (Lipinski definition) is 13. The summed E-state index contributed by atoms with van der Waals surface area (Å²) < 4.78 is 30.9. The Morgan fingerprint density at radius 3 is 2.17 bits per heavy atom. The van der Waals surface area contributed by atoms with E-state index in [0.29, 0.717) is 127 Å². The quantitative estimate of drug-likeness (QED) is 0.0707. The smallest absolute Gasteiger partial charge is 0.276 e. The molecule has 1 fully saturated rings. The third-order valence-corrected chi connectivity index (χ3v) is 11.4. The van der Waals surface area contributed by atoms with Gasteiger partial charge in [-0.1, -0.05) is 12.2 Å². The second-order valence-electron chi connectivity index (χ2n) is 15.9. The number of morpholine rings is 1. The van der Waals surface area contributed by atoms with Crippen molar-refractivity contribution in [2.45, 2.75) is 60.3 Å². The van der Waals surface area contributed by atoms with Crippen LogP contribution in [0.3, 0.4) is 0 Å². The number of imidazole rings is 1. The van der Waals surface area contributed by atoms with Crippen LogP contribution in [0.5, 0.6) is 11.5 Å². The molecule has 0 unspecified atom stereocenters. The van der Waals surface area contributed by atoms with E-state index in [1.807, 2.05) is 59.7 Å². The van der Waals surface area contributed by atoms with E-state index in [0.717, 1.165) is 24.5 Å². The molecule has 346 valence electrons. The SMILES string of the molecule is CCn1nc(C)cc1C(=O)Nc1nc2cc(C(N)=O)cc(OCCN3CCOCC3)c2n1C/C=C/Cn1c2nc(-c3cc(C)nn3CC)ncc2c2cc(C(N)=O)cc(OCCCOC)c21. The zero-order valence-corrected chi connectivity index (χ0v) is 37.9. The van der Waals surface area contributed by atoms with E-state index in [1.54, 1.807) is 48.3 Å². The molecule has 3 amide bonds. The van der Waals surface area contributed by atoms with Gasteiger partial charge in [0.25, 0.3) is 5.91 Å². The molecule has 7 aromatic rings. The Bertz CT molecular complexity index is 2960. The third-order valence-electron chi connectivity index (χ3n) is 11.4. The molecule has 0 radical (unpaired) electrons. The van der Waals surface area contributed by atoms with Gasteiger partial charge in [-0.2, -0.15) is 10.2 Å². The first-order valence-electron chi connectivity index (χ1n) is 22.0. The Morgan fingerprint density at radius 1 is 0.788 bits per heavy atom. The van der Waals surface area contributed by atoms with Crippen molar-refractivity contribution >= 4 is 56.6 Å². The van der Waals surface area contributed by atoms with Gasteiger partial charge in [-0.3, -0.25) is 34.0 Å². The Labute approximate surface area is 380 Å². The zero-order chi connectivity index (χ0) is 46.5. The van der Waals surface area contributed by atoms with Crippen LogP contribution in [0.1, 0.15) is 62.9 Å². The molecule has 0 atom stereocenters. The number of nitrogens with one attached hydrogen (secondary N) is 1. The Hall–Kier alpha value is -7.16. The highest BCUT2D eigenvalue weighted by molar-refractivity contribution is 6.12. The maximum Gasteiger partial charge on any atom is 0.276 e. The van der Waals surface area contributed by atoms with Crippen molar-refractivity contribution in [2.75, 3.05) is 65.1 Å². The molecule has 20 heteroatoms. The van der Waals surface area contributed by atoms with Crippen LogP contribution in [-0.4, -0.2) is 126 Å². The molecule has 2 aromatic carbocycles. The van der Waals surface area contributed by atoms with Gasteiger partial charge in [0.1, 0.15) is 40.7 Å². The van der Waals surface area contributed by atoms with E-state index >= 15 is 0 Å². The number of allylic oxidation sites excluding steroid dienone is 2. The molecule has 6 heterocycles. The van der Waals surface area contributed by atoms with Gasteiger partial charge >= 0.3 is 0 Å². The first-order valence-corrected chi connectivity index (χ1v) is 22.0. The summed E-state index contributed by atoms with van der Waals surface area (Å²) in [5.74, 6) is -0.0985. The topological polar surface area (TPSA) is 240 Å². The van der Waals surface area contributed by atoms with Gasteiger partial charge in [0.15, 0.2) is 5.82 Å². The van der Waals surface area contributed by atoms with Gasteiger partial charge in [-0.05, 0) is 64.1 Å². The van der Waals surface area contributed by atoms with Gasteiger partial charge in [-0.15, -0.1) is 0 Å². The largest absolute Gasteiger partial charge is 0.491 e. The lowest BCUT2D eigenvalue weighted by atomic mass is 10.1. The van der Waals surface area contributed by atoms with Gasteiger partial charge < -0.3 is 39.5 Å². The summed E-state index contributed by atoms with van der Waals surface area (Å²) in [6.07, 6.45) is 6.28. The number of benzene rings is 2. The van der Waals surface area contributed by atoms with Gasteiger partial charge in [0.2, 0.25) is 17.8 Å². The van der Waals surface area contributed by atoms with Gasteiger partial charge in [0.05, 0.1) is 42.2 Å². The molecular weight excluding hydrogens is 847 g/mol. The number of nitrogens with zero attached hydrogens (tertiary/aromatic N) is 10. The maximum atomic E-state index is 13.9. The van der Waals surface area contributed by atoms with Crippen molar-refractivity contribution in [3.05, 3.63) is 83.0 Å². The monoisotopic (exact) mass is 901 g/mol. The van der Waals surface area contributed by atoms with E-state index in [2.05, 4.69) is 20.4 Å². The van der Waals surface area contributed by atoms with Gasteiger partial charge in [0, 0.05) is 94.0 Å². The lowest BCUT2D eigenvalue weighted by Gasteiger charge is -2.26. The highest BCUT2D eigenvalue weighted by atomic mass is 16.5. The summed E-state index contributed by atoms with van der Waals surface area (Å²) in [6, 6.07) is 10.3. The van der Waals surface area contributed by atoms with Crippen molar-refractivity contribution in [3.63, 3.8) is 0 Å². The second-order valence-corrected chi connectivity index (χ2v) is 15.9. The second kappa shape index (κ2) is 19.9. The Balaban J connectivity index is 1.22. The molecule has 1 saturated heterocycles. The lowest BCUT2D eigenvalue weighted by Crippen LogP contribution is -2.38. The van der Waals surface area contributed by atoms with Crippen LogP contribution in [0.2, 0.25) is 0 Å². The number of methoxy groups -OCH3 is 1. The summed E-state index contributed by atoms with van der Waals surface area (Å²) in [6.45, 7) is 13.9. The Morgan fingerprint density at radius 2 is 1.45 bits per heavy atom. The first kappa shape index (κ1) is 45.4. The molecule has 8 rings (SSSR count). The fraction of sp³-hybridized carbons (Fsp3) is 0.391. The van der Waals surface area contributed by atoms with Crippen LogP contribution >= 0.6 is 0 Å². The fourth-order valence-corrected chi connectivity index (χ4v) is 8.23. The standard InChI is InChI=1S/C46H55N13O7/c1-6-58-35(21-28(3)53-58)43-49-27-33-32-23-30(41(47)60)25-37(65-17-10-16-63-5)39(32)56(44(33)51-43)11-8-9-12-57-40-34(50-46(57)52-45(62)36-22-29(4)54-59(36)7-2)24-31(42(48)61)26-38(40)66-20-15-55-13-18-64-19-14-55/h8-9,21-27H,6-7,10-20H2,1-5H3,(H2,47,60)(H2,48,61)(H,50,52,62)/b9-8+. The number of anilines is 1. The van der Waals surface area contributed by atoms with E-state index in [1.165, 1.54) is 0 Å². The normalized spacial score (nSPS) is 13.4. The number of rotatable bonds is 20. The van der Waals surface area contributed by atoms with Crippen LogP contribution < -0.4 is 26.3 Å². The van der Waals surface area contributed by atoms with E-state index in [4.69, 9.17) is 45.4 Å². The van der Waals surface area contributed by atoms with E-state index in [9.17, 15) is 14.4 Å². The molecule has 0 bridgehead atoms. The van der Waals surface area contributed by atoms with Crippen LogP contribution in [0.4, 0.5) is 5.95 Å². The number of fused-ring (bicyclic) bond motifs is 4. The highest BCUT2D eigenvalue weighted by Crippen LogP contribution is 2.37. The summed E-state index contributed by atoms with van der Waals surface area (Å²) in [7, 11) is 1.63. The molecule has 0 aliphatic carbocycles. The molecular formula is C46H55N13O7.